The molecule has 0 spiro atoms. The molecule has 1 aromatic carbocycles. The third kappa shape index (κ3) is 3.01. The molecule has 0 aliphatic heterocycles. The van der Waals surface area contributed by atoms with Crippen LogP contribution in [-0.2, 0) is 6.18 Å². The lowest BCUT2D eigenvalue weighted by Gasteiger charge is -2.20. The highest BCUT2D eigenvalue weighted by molar-refractivity contribution is 5.36. The highest BCUT2D eigenvalue weighted by Crippen LogP contribution is 2.35. The van der Waals surface area contributed by atoms with Crippen molar-refractivity contribution in [2.75, 3.05) is 0 Å². The first-order valence-electron chi connectivity index (χ1n) is 5.77. The van der Waals surface area contributed by atoms with Crippen molar-refractivity contribution in [2.24, 2.45) is 5.84 Å². The number of benzene rings is 1. The molecule has 2 rings (SSSR count). The summed E-state index contributed by atoms with van der Waals surface area (Å²) in [6.45, 7) is 0. The van der Waals surface area contributed by atoms with E-state index in [1.807, 2.05) is 0 Å². The first-order chi connectivity index (χ1) is 9.86. The van der Waals surface area contributed by atoms with Crippen molar-refractivity contribution in [1.82, 2.24) is 10.4 Å². The lowest BCUT2D eigenvalue weighted by Crippen LogP contribution is -2.30. The van der Waals surface area contributed by atoms with E-state index in [1.54, 1.807) is 0 Å². The molecule has 0 saturated heterocycles. The minimum Gasteiger partial charge on any atom is -0.271 e. The molecule has 0 saturated carbocycles. The summed E-state index contributed by atoms with van der Waals surface area (Å²) in [6, 6.07) is 2.68. The third-order valence-corrected chi connectivity index (χ3v) is 2.93. The summed E-state index contributed by atoms with van der Waals surface area (Å²) in [4.78, 5) is 3.52. The molecule has 21 heavy (non-hydrogen) atoms. The van der Waals surface area contributed by atoms with Crippen LogP contribution in [0.1, 0.15) is 22.7 Å². The Balaban J connectivity index is 2.57. The zero-order chi connectivity index (χ0) is 15.6. The minimum absolute atomic E-state index is 0.106. The maximum atomic E-state index is 14.1. The Morgan fingerprint density at radius 3 is 2.38 bits per heavy atom. The Bertz CT molecular complexity index is 642. The molecule has 0 bridgehead atoms. The zero-order valence-electron chi connectivity index (χ0n) is 10.5. The Morgan fingerprint density at radius 1 is 1.10 bits per heavy atom. The summed E-state index contributed by atoms with van der Waals surface area (Å²) < 4.78 is 65.9. The summed E-state index contributed by atoms with van der Waals surface area (Å²) in [5.74, 6) is 2.94. The van der Waals surface area contributed by atoms with Gasteiger partial charge in [-0.1, -0.05) is 12.1 Å². The number of nitrogens with two attached hydrogens (primary N) is 1. The van der Waals surface area contributed by atoms with Gasteiger partial charge in [-0.3, -0.25) is 10.8 Å². The molecule has 0 aliphatic carbocycles. The van der Waals surface area contributed by atoms with Crippen LogP contribution in [0.15, 0.2) is 36.7 Å². The van der Waals surface area contributed by atoms with Crippen LogP contribution < -0.4 is 11.3 Å². The average molecular weight is 303 g/mol. The minimum atomic E-state index is -4.85. The van der Waals surface area contributed by atoms with Crippen LogP contribution in [0.4, 0.5) is 22.0 Å². The fourth-order valence-corrected chi connectivity index (χ4v) is 1.96. The van der Waals surface area contributed by atoms with Crippen LogP contribution in [0, 0.1) is 11.6 Å². The monoisotopic (exact) mass is 303 g/mol. The number of hydrogen-bond acceptors (Lipinski definition) is 3. The smallest absolute Gasteiger partial charge is 0.271 e. The molecule has 112 valence electrons. The normalized spacial score (nSPS) is 13.2. The van der Waals surface area contributed by atoms with E-state index in [0.717, 1.165) is 18.3 Å². The fourth-order valence-electron chi connectivity index (χ4n) is 1.96. The molecule has 8 heteroatoms. The topological polar surface area (TPSA) is 50.9 Å². The SMILES string of the molecule is NNC(c1ccncc1F)c1cccc(C(F)(F)F)c1F. The maximum Gasteiger partial charge on any atom is 0.419 e. The average Bonchev–Trinajstić information content (AvgIpc) is 2.42. The molecular formula is C13H10F5N3. The summed E-state index contributed by atoms with van der Waals surface area (Å²) in [5, 5.41) is 0. The molecule has 1 unspecified atom stereocenters. The van der Waals surface area contributed by atoms with E-state index in [9.17, 15) is 22.0 Å². The number of pyridine rings is 1. The molecule has 1 heterocycles. The molecule has 0 fully saturated rings. The molecule has 0 radical (unpaired) electrons. The third-order valence-electron chi connectivity index (χ3n) is 2.93. The Hall–Kier alpha value is -2.06. The Morgan fingerprint density at radius 2 is 1.81 bits per heavy atom. The predicted molar refractivity (Wildman–Crippen MR) is 64.8 cm³/mol. The van der Waals surface area contributed by atoms with Gasteiger partial charge in [0.15, 0.2) is 0 Å². The molecule has 3 N–H and O–H groups in total. The standard InChI is InChI=1S/C13H10F5N3/c14-10-6-20-5-4-7(10)12(21-19)8-2-1-3-9(11(8)15)13(16,17)18/h1-6,12,21H,19H2. The predicted octanol–water partition coefficient (Wildman–Crippen LogP) is 2.93. The van der Waals surface area contributed by atoms with Crippen LogP contribution in [0.25, 0.3) is 0 Å². The second-order valence-electron chi connectivity index (χ2n) is 4.20. The van der Waals surface area contributed by atoms with Crippen molar-refractivity contribution in [1.29, 1.82) is 0 Å². The van der Waals surface area contributed by atoms with Gasteiger partial charge in [-0.25, -0.2) is 14.2 Å². The van der Waals surface area contributed by atoms with E-state index >= 15 is 0 Å². The van der Waals surface area contributed by atoms with Gasteiger partial charge in [0.1, 0.15) is 11.6 Å². The van der Waals surface area contributed by atoms with Crippen LogP contribution >= 0.6 is 0 Å². The number of hydrazine groups is 1. The van der Waals surface area contributed by atoms with Crippen molar-refractivity contribution < 1.29 is 22.0 Å². The van der Waals surface area contributed by atoms with Gasteiger partial charge in [0, 0.05) is 17.3 Å². The number of nitrogens with one attached hydrogen (secondary N) is 1. The molecule has 2 aromatic rings. The van der Waals surface area contributed by atoms with Crippen molar-refractivity contribution in [2.45, 2.75) is 12.2 Å². The molecule has 0 amide bonds. The van der Waals surface area contributed by atoms with Crippen molar-refractivity contribution in [3.05, 3.63) is 65.0 Å². The zero-order valence-corrected chi connectivity index (χ0v) is 10.5. The van der Waals surface area contributed by atoms with Crippen molar-refractivity contribution in [3.8, 4) is 0 Å². The molecule has 0 aliphatic rings. The second-order valence-corrected chi connectivity index (χ2v) is 4.20. The van der Waals surface area contributed by atoms with E-state index in [1.165, 1.54) is 12.3 Å². The quantitative estimate of drug-likeness (QED) is 0.521. The van der Waals surface area contributed by atoms with Gasteiger partial charge < -0.3 is 0 Å². The van der Waals surface area contributed by atoms with Crippen LogP contribution in [-0.4, -0.2) is 4.98 Å². The van der Waals surface area contributed by atoms with Gasteiger partial charge in [0.2, 0.25) is 0 Å². The van der Waals surface area contributed by atoms with Gasteiger partial charge in [-0.05, 0) is 12.1 Å². The van der Waals surface area contributed by atoms with E-state index in [-0.39, 0.29) is 5.56 Å². The van der Waals surface area contributed by atoms with Crippen LogP contribution in [0.3, 0.4) is 0 Å². The van der Waals surface area contributed by atoms with E-state index in [2.05, 4.69) is 10.4 Å². The summed E-state index contributed by atoms with van der Waals surface area (Å²) >= 11 is 0. The number of nitrogens with zero attached hydrogens (tertiary/aromatic N) is 1. The number of hydrogen-bond donors (Lipinski definition) is 2. The summed E-state index contributed by atoms with van der Waals surface area (Å²) in [5.41, 5.74) is 0.173. The number of aromatic nitrogens is 1. The van der Waals surface area contributed by atoms with Crippen molar-refractivity contribution >= 4 is 0 Å². The van der Waals surface area contributed by atoms with Gasteiger partial charge in [-0.15, -0.1) is 0 Å². The van der Waals surface area contributed by atoms with Crippen molar-refractivity contribution in [3.63, 3.8) is 0 Å². The van der Waals surface area contributed by atoms with E-state index in [4.69, 9.17) is 5.84 Å². The molecule has 1 atom stereocenters. The van der Waals surface area contributed by atoms with Crippen LogP contribution in [0.2, 0.25) is 0 Å². The molecule has 3 nitrogen and oxygen atoms in total. The number of alkyl halides is 3. The second kappa shape index (κ2) is 5.74. The van der Waals surface area contributed by atoms with Crippen LogP contribution in [0.5, 0.6) is 0 Å². The first kappa shape index (κ1) is 15.3. The number of rotatable bonds is 3. The van der Waals surface area contributed by atoms with E-state index < -0.39 is 35.0 Å². The maximum absolute atomic E-state index is 14.1. The Kier molecular flexibility index (Phi) is 4.19. The highest BCUT2D eigenvalue weighted by atomic mass is 19.4. The highest BCUT2D eigenvalue weighted by Gasteiger charge is 2.36. The van der Waals surface area contributed by atoms with E-state index in [0.29, 0.717) is 6.07 Å². The van der Waals surface area contributed by atoms with Gasteiger partial charge in [-0.2, -0.15) is 13.2 Å². The fraction of sp³-hybridized carbons (Fsp3) is 0.154. The first-order valence-corrected chi connectivity index (χ1v) is 5.77. The Labute approximate surface area is 116 Å². The lowest BCUT2D eigenvalue weighted by atomic mass is 9.97. The summed E-state index contributed by atoms with van der Waals surface area (Å²) in [7, 11) is 0. The number of halogens is 5. The summed E-state index contributed by atoms with van der Waals surface area (Å²) in [6.07, 6.45) is -2.75. The molecular weight excluding hydrogens is 293 g/mol. The lowest BCUT2D eigenvalue weighted by molar-refractivity contribution is -0.140. The van der Waals surface area contributed by atoms with Gasteiger partial charge >= 0.3 is 6.18 Å². The van der Waals surface area contributed by atoms with Gasteiger partial charge in [0.25, 0.3) is 0 Å². The van der Waals surface area contributed by atoms with Gasteiger partial charge in [0.05, 0.1) is 17.8 Å². The largest absolute Gasteiger partial charge is 0.419 e. The molecule has 1 aromatic heterocycles.